The highest BCUT2D eigenvalue weighted by Crippen LogP contribution is 2.18. The van der Waals surface area contributed by atoms with Gasteiger partial charge in [0.15, 0.2) is 0 Å². The maximum Gasteiger partial charge on any atom is 0.248 e. The van der Waals surface area contributed by atoms with Crippen molar-refractivity contribution in [1.29, 1.82) is 0 Å². The van der Waals surface area contributed by atoms with Gasteiger partial charge in [-0.15, -0.1) is 0 Å². The van der Waals surface area contributed by atoms with Gasteiger partial charge in [0, 0.05) is 38.8 Å². The van der Waals surface area contributed by atoms with E-state index in [2.05, 4.69) is 10.2 Å². The van der Waals surface area contributed by atoms with E-state index in [0.29, 0.717) is 25.7 Å². The molecular formula is C17H31N3O3. The summed E-state index contributed by atoms with van der Waals surface area (Å²) in [5.74, 6) is 0.184. The lowest BCUT2D eigenvalue weighted by atomic mass is 10.2. The van der Waals surface area contributed by atoms with Crippen LogP contribution in [0.1, 0.15) is 46.0 Å². The molecule has 132 valence electrons. The van der Waals surface area contributed by atoms with Crippen LogP contribution in [0.15, 0.2) is 0 Å². The summed E-state index contributed by atoms with van der Waals surface area (Å²) < 4.78 is 5.32. The van der Waals surface area contributed by atoms with Gasteiger partial charge in [0.05, 0.1) is 6.04 Å². The van der Waals surface area contributed by atoms with E-state index in [0.717, 1.165) is 32.4 Å². The van der Waals surface area contributed by atoms with Gasteiger partial charge in [-0.1, -0.05) is 19.8 Å². The van der Waals surface area contributed by atoms with Gasteiger partial charge in [-0.25, -0.2) is 0 Å². The van der Waals surface area contributed by atoms with Crippen molar-refractivity contribution in [2.45, 2.75) is 58.0 Å². The number of ether oxygens (including phenoxy) is 1. The van der Waals surface area contributed by atoms with E-state index >= 15 is 0 Å². The molecule has 1 atom stereocenters. The zero-order valence-corrected chi connectivity index (χ0v) is 14.6. The van der Waals surface area contributed by atoms with Gasteiger partial charge in [-0.3, -0.25) is 14.5 Å². The molecule has 2 aliphatic rings. The third-order valence-electron chi connectivity index (χ3n) is 4.87. The summed E-state index contributed by atoms with van der Waals surface area (Å²) in [5.41, 5.74) is 0. The van der Waals surface area contributed by atoms with E-state index in [1.54, 1.807) is 0 Å². The molecule has 0 aromatic carbocycles. The third-order valence-corrected chi connectivity index (χ3v) is 4.87. The van der Waals surface area contributed by atoms with E-state index in [4.69, 9.17) is 4.74 Å². The molecule has 1 aliphatic carbocycles. The van der Waals surface area contributed by atoms with Crippen molar-refractivity contribution < 1.29 is 14.3 Å². The van der Waals surface area contributed by atoms with Crippen molar-refractivity contribution in [2.75, 3.05) is 39.4 Å². The first-order valence-corrected chi connectivity index (χ1v) is 9.01. The van der Waals surface area contributed by atoms with E-state index in [1.165, 1.54) is 12.8 Å². The second-order valence-corrected chi connectivity index (χ2v) is 6.64. The first kappa shape index (κ1) is 18.2. The zero-order chi connectivity index (χ0) is 16.7. The monoisotopic (exact) mass is 325 g/mol. The van der Waals surface area contributed by atoms with Crippen LogP contribution in [0.4, 0.5) is 0 Å². The van der Waals surface area contributed by atoms with Gasteiger partial charge in [0.25, 0.3) is 0 Å². The molecule has 1 N–H and O–H groups in total. The van der Waals surface area contributed by atoms with Crippen molar-refractivity contribution in [3.63, 3.8) is 0 Å². The molecule has 1 saturated heterocycles. The Bertz CT molecular complexity index is 389. The highest BCUT2D eigenvalue weighted by atomic mass is 16.5. The minimum Gasteiger partial charge on any atom is -0.372 e. The molecule has 0 radical (unpaired) electrons. The molecule has 1 heterocycles. The second kappa shape index (κ2) is 9.23. The summed E-state index contributed by atoms with van der Waals surface area (Å²) in [6.45, 7) is 7.64. The van der Waals surface area contributed by atoms with E-state index < -0.39 is 0 Å². The molecule has 0 unspecified atom stereocenters. The van der Waals surface area contributed by atoms with Gasteiger partial charge in [-0.2, -0.15) is 0 Å². The summed E-state index contributed by atoms with van der Waals surface area (Å²) in [6.07, 6.45) is 5.59. The predicted octanol–water partition coefficient (Wildman–Crippen LogP) is 1.00. The van der Waals surface area contributed by atoms with Crippen molar-refractivity contribution in [3.05, 3.63) is 0 Å². The molecule has 0 bridgehead atoms. The fraction of sp³-hybridized carbons (Fsp3) is 0.882. The summed E-state index contributed by atoms with van der Waals surface area (Å²) in [4.78, 5) is 28.4. The number of piperazine rings is 1. The number of rotatable bonds is 7. The number of hydrogen-bond donors (Lipinski definition) is 1. The molecule has 2 fully saturated rings. The van der Waals surface area contributed by atoms with Crippen molar-refractivity contribution in [1.82, 2.24) is 15.1 Å². The molecule has 1 aliphatic heterocycles. The van der Waals surface area contributed by atoms with Crippen LogP contribution in [0.25, 0.3) is 0 Å². The molecule has 1 saturated carbocycles. The molecule has 0 aromatic rings. The number of nitrogens with one attached hydrogen (secondary N) is 1. The lowest BCUT2D eigenvalue weighted by molar-refractivity contribution is -0.138. The SMILES string of the molecule is CCCOCC(=O)N1CCN([C@@H](C)C(=O)NC2CCCC2)CC1. The summed E-state index contributed by atoms with van der Waals surface area (Å²) in [7, 11) is 0. The van der Waals surface area contributed by atoms with Crippen LogP contribution >= 0.6 is 0 Å². The van der Waals surface area contributed by atoms with E-state index in [1.807, 2.05) is 18.7 Å². The Hall–Kier alpha value is -1.14. The Balaban J connectivity index is 1.70. The fourth-order valence-corrected chi connectivity index (χ4v) is 3.31. The lowest BCUT2D eigenvalue weighted by Gasteiger charge is -2.37. The number of hydrogen-bond acceptors (Lipinski definition) is 4. The van der Waals surface area contributed by atoms with Gasteiger partial charge in [0.1, 0.15) is 6.61 Å². The Morgan fingerprint density at radius 1 is 1.17 bits per heavy atom. The molecule has 23 heavy (non-hydrogen) atoms. The molecule has 6 heteroatoms. The number of nitrogens with zero attached hydrogens (tertiary/aromatic N) is 2. The van der Waals surface area contributed by atoms with Crippen LogP contribution in [0.5, 0.6) is 0 Å². The summed E-state index contributed by atoms with van der Waals surface area (Å²) in [5, 5.41) is 3.16. The molecule has 0 aromatic heterocycles. The Labute approximate surface area is 139 Å². The minimum absolute atomic E-state index is 0.0566. The van der Waals surface area contributed by atoms with Crippen molar-refractivity contribution in [3.8, 4) is 0 Å². The van der Waals surface area contributed by atoms with Crippen LogP contribution in [-0.2, 0) is 14.3 Å². The first-order valence-electron chi connectivity index (χ1n) is 9.01. The Morgan fingerprint density at radius 3 is 2.43 bits per heavy atom. The Morgan fingerprint density at radius 2 is 1.83 bits per heavy atom. The van der Waals surface area contributed by atoms with Gasteiger partial charge >= 0.3 is 0 Å². The summed E-state index contributed by atoms with van der Waals surface area (Å²) in [6, 6.07) is 0.243. The summed E-state index contributed by atoms with van der Waals surface area (Å²) >= 11 is 0. The minimum atomic E-state index is -0.121. The quantitative estimate of drug-likeness (QED) is 0.710. The van der Waals surface area contributed by atoms with Crippen molar-refractivity contribution >= 4 is 11.8 Å². The van der Waals surface area contributed by atoms with Crippen LogP contribution in [0.3, 0.4) is 0 Å². The molecule has 0 spiro atoms. The Kier molecular flexibility index (Phi) is 7.30. The molecule has 2 amide bonds. The number of carbonyl (C=O) groups is 2. The second-order valence-electron chi connectivity index (χ2n) is 6.64. The van der Waals surface area contributed by atoms with Crippen LogP contribution < -0.4 is 5.32 Å². The van der Waals surface area contributed by atoms with E-state index in [-0.39, 0.29) is 24.5 Å². The van der Waals surface area contributed by atoms with Gasteiger partial charge in [0.2, 0.25) is 11.8 Å². The molecule has 2 rings (SSSR count). The van der Waals surface area contributed by atoms with Crippen LogP contribution in [0.2, 0.25) is 0 Å². The molecular weight excluding hydrogens is 294 g/mol. The smallest absolute Gasteiger partial charge is 0.248 e. The van der Waals surface area contributed by atoms with Crippen LogP contribution in [0, 0.1) is 0 Å². The van der Waals surface area contributed by atoms with Gasteiger partial charge < -0.3 is 15.0 Å². The lowest BCUT2D eigenvalue weighted by Crippen LogP contribution is -2.56. The highest BCUT2D eigenvalue weighted by Gasteiger charge is 2.28. The number of carbonyl (C=O) groups excluding carboxylic acids is 2. The average Bonchev–Trinajstić information content (AvgIpc) is 3.07. The first-order chi connectivity index (χ1) is 11.1. The largest absolute Gasteiger partial charge is 0.372 e. The van der Waals surface area contributed by atoms with Crippen molar-refractivity contribution in [2.24, 2.45) is 0 Å². The third kappa shape index (κ3) is 5.46. The average molecular weight is 325 g/mol. The fourth-order valence-electron chi connectivity index (χ4n) is 3.31. The highest BCUT2D eigenvalue weighted by molar-refractivity contribution is 5.81. The topological polar surface area (TPSA) is 61.9 Å². The van der Waals surface area contributed by atoms with E-state index in [9.17, 15) is 9.59 Å². The van der Waals surface area contributed by atoms with Crippen LogP contribution in [-0.4, -0.2) is 73.1 Å². The maximum absolute atomic E-state index is 12.3. The number of amides is 2. The van der Waals surface area contributed by atoms with Gasteiger partial charge in [-0.05, 0) is 26.2 Å². The standard InChI is InChI=1S/C17H31N3O3/c1-3-12-23-13-16(21)20-10-8-19(9-11-20)14(2)17(22)18-15-6-4-5-7-15/h14-15H,3-13H2,1-2H3,(H,18,22)/t14-/m0/s1. The maximum atomic E-state index is 12.3. The zero-order valence-electron chi connectivity index (χ0n) is 14.6. The normalized spacial score (nSPS) is 21.4. The predicted molar refractivity (Wildman–Crippen MR) is 89.1 cm³/mol. The molecule has 6 nitrogen and oxygen atoms in total.